The zero-order chi connectivity index (χ0) is 8.74. The highest BCUT2D eigenvalue weighted by Crippen LogP contribution is 2.46. The molecule has 1 unspecified atom stereocenters. The Bertz CT molecular complexity index is 233. The molecule has 0 rings (SSSR count). The fraction of sp³-hybridized carbons (Fsp3) is 0.429. The SMILES string of the molecule is C#COP(=O)(C#C)OCCC. The molecule has 0 fully saturated rings. The predicted octanol–water partition coefficient (Wildman–Crippen LogP) is 1.80. The van der Waals surface area contributed by atoms with Crippen LogP contribution in [-0.2, 0) is 13.6 Å². The van der Waals surface area contributed by atoms with Gasteiger partial charge in [-0.15, -0.1) is 6.42 Å². The molecule has 0 aliphatic heterocycles. The molecule has 1 atom stereocenters. The summed E-state index contributed by atoms with van der Waals surface area (Å²) in [7, 11) is -3.43. The average molecular weight is 172 g/mol. The maximum atomic E-state index is 11.1. The highest BCUT2D eigenvalue weighted by Gasteiger charge is 2.20. The van der Waals surface area contributed by atoms with Crippen LogP contribution in [0.1, 0.15) is 13.3 Å². The van der Waals surface area contributed by atoms with E-state index in [1.807, 2.05) is 12.6 Å². The van der Waals surface area contributed by atoms with Crippen molar-refractivity contribution in [2.24, 2.45) is 0 Å². The Balaban J connectivity index is 4.06. The predicted molar refractivity (Wildman–Crippen MR) is 42.6 cm³/mol. The van der Waals surface area contributed by atoms with Crippen LogP contribution >= 0.6 is 7.60 Å². The van der Waals surface area contributed by atoms with Crippen molar-refractivity contribution in [2.75, 3.05) is 6.61 Å². The fourth-order valence-electron chi connectivity index (χ4n) is 0.371. The topological polar surface area (TPSA) is 35.5 Å². The minimum absolute atomic E-state index is 0.281. The van der Waals surface area contributed by atoms with Crippen LogP contribution < -0.4 is 0 Å². The standard InChI is InChI=1S/C7H9O3P/c1-4-7-10-11(8,6-3)9-5-2/h2-3H,4,7H2,1H3. The van der Waals surface area contributed by atoms with Gasteiger partial charge in [-0.05, 0) is 6.42 Å². The lowest BCUT2D eigenvalue weighted by molar-refractivity contribution is 0.267. The van der Waals surface area contributed by atoms with E-state index in [0.717, 1.165) is 0 Å². The van der Waals surface area contributed by atoms with E-state index in [0.29, 0.717) is 6.42 Å². The molecule has 0 amide bonds. The highest BCUT2D eigenvalue weighted by molar-refractivity contribution is 7.59. The first-order valence-electron chi connectivity index (χ1n) is 3.05. The number of hydrogen-bond donors (Lipinski definition) is 0. The second kappa shape index (κ2) is 4.85. The molecule has 0 aromatic heterocycles. The molecular weight excluding hydrogens is 163 g/mol. The van der Waals surface area contributed by atoms with E-state index >= 15 is 0 Å². The highest BCUT2D eigenvalue weighted by atomic mass is 31.2. The summed E-state index contributed by atoms with van der Waals surface area (Å²) in [5, 5.41) is 0. The van der Waals surface area contributed by atoms with Crippen molar-refractivity contribution in [2.45, 2.75) is 13.3 Å². The molecule has 0 aliphatic rings. The van der Waals surface area contributed by atoms with Gasteiger partial charge in [-0.3, -0.25) is 4.52 Å². The molecule has 0 N–H and O–H groups in total. The van der Waals surface area contributed by atoms with Crippen molar-refractivity contribution in [3.05, 3.63) is 0 Å². The summed E-state index contributed by atoms with van der Waals surface area (Å²) in [6, 6.07) is 0. The van der Waals surface area contributed by atoms with Crippen LogP contribution in [0.5, 0.6) is 0 Å². The Hall–Kier alpha value is -0.890. The molecule has 60 valence electrons. The lowest BCUT2D eigenvalue weighted by Crippen LogP contribution is -1.90. The normalized spacial score (nSPS) is 14.1. The second-order valence-electron chi connectivity index (χ2n) is 1.67. The molecule has 0 spiro atoms. The molecule has 0 bridgehead atoms. The molecule has 0 heterocycles. The van der Waals surface area contributed by atoms with E-state index < -0.39 is 7.60 Å². The van der Waals surface area contributed by atoms with Gasteiger partial charge < -0.3 is 4.52 Å². The Kier molecular flexibility index (Phi) is 4.46. The van der Waals surface area contributed by atoms with Gasteiger partial charge in [0, 0.05) is 5.66 Å². The molecule has 0 radical (unpaired) electrons. The summed E-state index contributed by atoms with van der Waals surface area (Å²) in [4.78, 5) is 0. The van der Waals surface area contributed by atoms with E-state index in [1.54, 1.807) is 6.11 Å². The van der Waals surface area contributed by atoms with Crippen LogP contribution in [0.4, 0.5) is 0 Å². The van der Waals surface area contributed by atoms with E-state index in [1.165, 1.54) is 0 Å². The maximum absolute atomic E-state index is 11.1. The molecule has 0 saturated heterocycles. The van der Waals surface area contributed by atoms with Crippen molar-refractivity contribution in [1.82, 2.24) is 0 Å². The van der Waals surface area contributed by atoms with Crippen molar-refractivity contribution < 1.29 is 13.6 Å². The summed E-state index contributed by atoms with van der Waals surface area (Å²) in [6.45, 7) is 2.14. The Morgan fingerprint density at radius 2 is 2.18 bits per heavy atom. The fourth-order valence-corrected chi connectivity index (χ4v) is 1.11. The molecule has 4 heteroatoms. The van der Waals surface area contributed by atoms with Crippen LogP contribution in [0.15, 0.2) is 0 Å². The van der Waals surface area contributed by atoms with Gasteiger partial charge in [0.25, 0.3) is 0 Å². The number of hydrogen-bond acceptors (Lipinski definition) is 3. The van der Waals surface area contributed by atoms with E-state index in [9.17, 15) is 4.57 Å². The summed E-state index contributed by atoms with van der Waals surface area (Å²) < 4.78 is 20.1. The van der Waals surface area contributed by atoms with Crippen LogP contribution in [0.2, 0.25) is 0 Å². The van der Waals surface area contributed by atoms with Gasteiger partial charge in [-0.25, -0.2) is 4.57 Å². The van der Waals surface area contributed by atoms with Crippen LogP contribution in [0.3, 0.4) is 0 Å². The monoisotopic (exact) mass is 172 g/mol. The zero-order valence-corrected chi connectivity index (χ0v) is 7.14. The van der Waals surface area contributed by atoms with Gasteiger partial charge in [-0.1, -0.05) is 13.3 Å². The first-order chi connectivity index (χ1) is 5.18. The Labute approximate surface area is 66.6 Å². The van der Waals surface area contributed by atoms with Gasteiger partial charge in [-0.2, -0.15) is 0 Å². The molecular formula is C7H9O3P. The van der Waals surface area contributed by atoms with Gasteiger partial charge in [0.15, 0.2) is 0 Å². The van der Waals surface area contributed by atoms with Crippen molar-refractivity contribution in [3.63, 3.8) is 0 Å². The summed E-state index contributed by atoms with van der Waals surface area (Å²) in [5.74, 6) is 0. The zero-order valence-electron chi connectivity index (χ0n) is 6.24. The van der Waals surface area contributed by atoms with Crippen molar-refractivity contribution in [1.29, 1.82) is 0 Å². The molecule has 0 saturated carbocycles. The summed E-state index contributed by atoms with van der Waals surface area (Å²) in [5.41, 5.74) is 1.88. The second-order valence-corrected chi connectivity index (χ2v) is 3.36. The number of rotatable bonds is 4. The molecule has 0 aromatic rings. The van der Waals surface area contributed by atoms with Crippen LogP contribution in [0.25, 0.3) is 0 Å². The van der Waals surface area contributed by atoms with Gasteiger partial charge in [0.05, 0.1) is 6.61 Å². The van der Waals surface area contributed by atoms with Crippen LogP contribution in [-0.4, -0.2) is 6.61 Å². The molecule has 11 heavy (non-hydrogen) atoms. The largest absolute Gasteiger partial charge is 0.464 e. The van der Waals surface area contributed by atoms with Gasteiger partial charge in [0.2, 0.25) is 0 Å². The number of terminal acetylenes is 2. The third-order valence-electron chi connectivity index (χ3n) is 0.796. The van der Waals surface area contributed by atoms with Crippen molar-refractivity contribution >= 4 is 7.60 Å². The third-order valence-corrected chi connectivity index (χ3v) is 1.98. The molecule has 3 nitrogen and oxygen atoms in total. The average Bonchev–Trinajstić information content (AvgIpc) is 2.02. The van der Waals surface area contributed by atoms with Crippen LogP contribution in [0, 0.1) is 24.6 Å². The Morgan fingerprint density at radius 3 is 2.55 bits per heavy atom. The first-order valence-corrected chi connectivity index (χ1v) is 4.59. The third kappa shape index (κ3) is 3.73. The summed E-state index contributed by atoms with van der Waals surface area (Å²) in [6.07, 6.45) is 12.1. The quantitative estimate of drug-likeness (QED) is 0.479. The molecule has 0 aromatic carbocycles. The lowest BCUT2D eigenvalue weighted by atomic mass is 10.5. The minimum Gasteiger partial charge on any atom is -0.362 e. The first kappa shape index (κ1) is 10.1. The lowest BCUT2D eigenvalue weighted by Gasteiger charge is -2.07. The molecule has 0 aliphatic carbocycles. The van der Waals surface area contributed by atoms with Crippen molar-refractivity contribution in [3.8, 4) is 24.6 Å². The maximum Gasteiger partial charge on any atom is 0.464 e. The Morgan fingerprint density at radius 1 is 1.55 bits per heavy atom. The van der Waals surface area contributed by atoms with E-state index in [4.69, 9.17) is 17.4 Å². The van der Waals surface area contributed by atoms with Gasteiger partial charge >= 0.3 is 7.60 Å². The van der Waals surface area contributed by atoms with E-state index in [2.05, 4.69) is 4.52 Å². The summed E-state index contributed by atoms with van der Waals surface area (Å²) >= 11 is 0. The van der Waals surface area contributed by atoms with Gasteiger partial charge in [0.1, 0.15) is 6.11 Å². The van der Waals surface area contributed by atoms with E-state index in [-0.39, 0.29) is 6.61 Å². The smallest absolute Gasteiger partial charge is 0.362 e. The minimum atomic E-state index is -3.43.